The van der Waals surface area contributed by atoms with E-state index in [1.165, 1.54) is 0 Å². The van der Waals surface area contributed by atoms with Gasteiger partial charge < -0.3 is 14.7 Å². The molecule has 3 aromatic carbocycles. The lowest BCUT2D eigenvalue weighted by Gasteiger charge is -2.16. The Kier molecular flexibility index (Phi) is 5.04. The molecular weight excluding hydrogens is 366 g/mol. The van der Waals surface area contributed by atoms with E-state index >= 15 is 0 Å². The minimum Gasteiger partial charge on any atom is -0.489 e. The molecule has 0 bridgehead atoms. The predicted molar refractivity (Wildman–Crippen MR) is 110 cm³/mol. The predicted octanol–water partition coefficient (Wildman–Crippen LogP) is 4.61. The van der Waals surface area contributed by atoms with Crippen molar-refractivity contribution in [2.45, 2.75) is 26.0 Å². The number of hydrogen-bond donors (Lipinski definition) is 1. The van der Waals surface area contributed by atoms with E-state index < -0.39 is 11.9 Å². The van der Waals surface area contributed by atoms with Crippen LogP contribution in [-0.2, 0) is 17.9 Å². The van der Waals surface area contributed by atoms with Gasteiger partial charge in [-0.1, -0.05) is 48.5 Å². The van der Waals surface area contributed by atoms with E-state index in [-0.39, 0.29) is 5.91 Å². The van der Waals surface area contributed by atoms with Crippen molar-refractivity contribution in [3.63, 3.8) is 0 Å². The van der Waals surface area contributed by atoms with Gasteiger partial charge in [-0.2, -0.15) is 0 Å². The minimum absolute atomic E-state index is 0.0794. The number of carboxylic acids is 1. The van der Waals surface area contributed by atoms with Gasteiger partial charge in [0, 0.05) is 11.3 Å². The molecule has 0 aromatic heterocycles. The third-order valence-corrected chi connectivity index (χ3v) is 5.21. The summed E-state index contributed by atoms with van der Waals surface area (Å²) in [5, 5.41) is 9.14. The summed E-state index contributed by atoms with van der Waals surface area (Å²) in [4.78, 5) is 25.8. The van der Waals surface area contributed by atoms with E-state index in [2.05, 4.69) is 0 Å². The summed E-state index contributed by atoms with van der Waals surface area (Å²) in [5.41, 5.74) is 4.11. The number of nitrogens with zero attached hydrogens (tertiary/aromatic N) is 1. The smallest absolute Gasteiger partial charge is 0.310 e. The first-order valence-electron chi connectivity index (χ1n) is 9.47. The third kappa shape index (κ3) is 3.85. The SMILES string of the molecule is CC(C(=O)O)c1ccc(N2Cc3ccc(OCc4ccccc4)cc3C2=O)cc1. The molecule has 5 nitrogen and oxygen atoms in total. The van der Waals surface area contributed by atoms with Crippen LogP contribution in [0.15, 0.2) is 72.8 Å². The van der Waals surface area contributed by atoms with Crippen LogP contribution in [0.1, 0.15) is 39.9 Å². The van der Waals surface area contributed by atoms with Gasteiger partial charge in [-0.3, -0.25) is 9.59 Å². The van der Waals surface area contributed by atoms with Gasteiger partial charge in [-0.05, 0) is 47.9 Å². The average Bonchev–Trinajstić information content (AvgIpc) is 3.08. The maximum absolute atomic E-state index is 12.9. The van der Waals surface area contributed by atoms with Crippen molar-refractivity contribution in [2.24, 2.45) is 0 Å². The lowest BCUT2D eigenvalue weighted by atomic mass is 10.0. The number of rotatable bonds is 6. The quantitative estimate of drug-likeness (QED) is 0.670. The van der Waals surface area contributed by atoms with Crippen molar-refractivity contribution in [1.82, 2.24) is 0 Å². The highest BCUT2D eigenvalue weighted by Crippen LogP contribution is 2.31. The van der Waals surface area contributed by atoms with Crippen LogP contribution < -0.4 is 9.64 Å². The van der Waals surface area contributed by atoms with Gasteiger partial charge in [0.25, 0.3) is 5.91 Å². The van der Waals surface area contributed by atoms with Crippen LogP contribution in [0.3, 0.4) is 0 Å². The lowest BCUT2D eigenvalue weighted by molar-refractivity contribution is -0.138. The van der Waals surface area contributed by atoms with Crippen LogP contribution in [0.25, 0.3) is 0 Å². The average molecular weight is 387 g/mol. The fourth-order valence-corrected chi connectivity index (χ4v) is 3.40. The molecule has 0 aliphatic carbocycles. The first kappa shape index (κ1) is 18.7. The van der Waals surface area contributed by atoms with E-state index in [1.807, 2.05) is 42.5 Å². The standard InChI is InChI=1S/C24H21NO4/c1-16(24(27)28)18-7-10-20(11-8-18)25-14-19-9-12-21(13-22(19)23(25)26)29-15-17-5-3-2-4-6-17/h2-13,16H,14-15H2,1H3,(H,27,28). The van der Waals surface area contributed by atoms with Crippen LogP contribution in [0.4, 0.5) is 5.69 Å². The van der Waals surface area contributed by atoms with Crippen molar-refractivity contribution >= 4 is 17.6 Å². The van der Waals surface area contributed by atoms with Gasteiger partial charge in [0.2, 0.25) is 0 Å². The Labute approximate surface area is 169 Å². The second-order valence-corrected chi connectivity index (χ2v) is 7.14. The summed E-state index contributed by atoms with van der Waals surface area (Å²) in [7, 11) is 0. The molecule has 29 heavy (non-hydrogen) atoms. The summed E-state index contributed by atoms with van der Waals surface area (Å²) in [6.07, 6.45) is 0. The van der Waals surface area contributed by atoms with Crippen molar-refractivity contribution in [3.05, 3.63) is 95.1 Å². The van der Waals surface area contributed by atoms with Crippen molar-refractivity contribution < 1.29 is 19.4 Å². The number of carboxylic acid groups (broad SMARTS) is 1. The molecule has 4 rings (SSSR count). The number of fused-ring (bicyclic) bond motifs is 1. The molecule has 0 spiro atoms. The van der Waals surface area contributed by atoms with Gasteiger partial charge in [0.1, 0.15) is 12.4 Å². The normalized spacial score (nSPS) is 13.8. The van der Waals surface area contributed by atoms with Gasteiger partial charge in [-0.25, -0.2) is 0 Å². The molecule has 1 aliphatic heterocycles. The largest absolute Gasteiger partial charge is 0.489 e. The Hall–Kier alpha value is -3.60. The molecule has 0 saturated heterocycles. The topological polar surface area (TPSA) is 66.8 Å². The van der Waals surface area contributed by atoms with Crippen molar-refractivity contribution in [1.29, 1.82) is 0 Å². The molecular formula is C24H21NO4. The number of amides is 1. The molecule has 1 atom stereocenters. The highest BCUT2D eigenvalue weighted by Gasteiger charge is 2.29. The number of ether oxygens (including phenoxy) is 1. The van der Waals surface area contributed by atoms with Crippen LogP contribution in [0.5, 0.6) is 5.75 Å². The minimum atomic E-state index is -0.870. The third-order valence-electron chi connectivity index (χ3n) is 5.21. The van der Waals surface area contributed by atoms with Gasteiger partial charge in [0.05, 0.1) is 12.5 Å². The van der Waals surface area contributed by atoms with Crippen LogP contribution in [0, 0.1) is 0 Å². The Bertz CT molecular complexity index is 1040. The molecule has 0 radical (unpaired) electrons. The maximum Gasteiger partial charge on any atom is 0.310 e. The summed E-state index contributed by atoms with van der Waals surface area (Å²) >= 11 is 0. The van der Waals surface area contributed by atoms with E-state index in [4.69, 9.17) is 9.84 Å². The second kappa shape index (κ2) is 7.80. The number of hydrogen-bond acceptors (Lipinski definition) is 3. The lowest BCUT2D eigenvalue weighted by Crippen LogP contribution is -2.23. The number of aliphatic carboxylic acids is 1. The van der Waals surface area contributed by atoms with E-state index in [0.717, 1.165) is 16.8 Å². The van der Waals surface area contributed by atoms with Gasteiger partial charge in [0.15, 0.2) is 0 Å². The zero-order chi connectivity index (χ0) is 20.4. The summed E-state index contributed by atoms with van der Waals surface area (Å²) < 4.78 is 5.84. The zero-order valence-electron chi connectivity index (χ0n) is 16.0. The maximum atomic E-state index is 12.9. The fourth-order valence-electron chi connectivity index (χ4n) is 3.40. The van der Waals surface area contributed by atoms with Crippen LogP contribution in [-0.4, -0.2) is 17.0 Å². The molecule has 5 heteroatoms. The fraction of sp³-hybridized carbons (Fsp3) is 0.167. The Morgan fingerprint density at radius 1 is 1.07 bits per heavy atom. The molecule has 0 saturated carbocycles. The number of carbonyl (C=O) groups excluding carboxylic acids is 1. The molecule has 1 heterocycles. The molecule has 1 amide bonds. The first-order valence-corrected chi connectivity index (χ1v) is 9.47. The van der Waals surface area contributed by atoms with E-state index in [0.29, 0.717) is 30.0 Å². The Morgan fingerprint density at radius 2 is 1.79 bits per heavy atom. The highest BCUT2D eigenvalue weighted by molar-refractivity contribution is 6.10. The van der Waals surface area contributed by atoms with Crippen LogP contribution >= 0.6 is 0 Å². The highest BCUT2D eigenvalue weighted by atomic mass is 16.5. The Morgan fingerprint density at radius 3 is 2.48 bits per heavy atom. The van der Waals surface area contributed by atoms with Crippen molar-refractivity contribution in [2.75, 3.05) is 4.90 Å². The van der Waals surface area contributed by atoms with E-state index in [1.54, 1.807) is 42.2 Å². The first-order chi connectivity index (χ1) is 14.0. The number of benzene rings is 3. The molecule has 0 fully saturated rings. The molecule has 1 aliphatic rings. The summed E-state index contributed by atoms with van der Waals surface area (Å²) in [6, 6.07) is 22.6. The number of anilines is 1. The summed E-state index contributed by atoms with van der Waals surface area (Å²) in [6.45, 7) is 2.58. The van der Waals surface area contributed by atoms with Gasteiger partial charge >= 0.3 is 5.97 Å². The van der Waals surface area contributed by atoms with Crippen LogP contribution in [0.2, 0.25) is 0 Å². The molecule has 1 unspecified atom stereocenters. The monoisotopic (exact) mass is 387 g/mol. The second-order valence-electron chi connectivity index (χ2n) is 7.14. The summed E-state index contributed by atoms with van der Waals surface area (Å²) in [5.74, 6) is -0.872. The number of carbonyl (C=O) groups is 2. The molecule has 146 valence electrons. The molecule has 1 N–H and O–H groups in total. The molecule has 3 aromatic rings. The Balaban J connectivity index is 1.49. The van der Waals surface area contributed by atoms with E-state index in [9.17, 15) is 9.59 Å². The van der Waals surface area contributed by atoms with Crippen molar-refractivity contribution in [3.8, 4) is 5.75 Å². The zero-order valence-corrected chi connectivity index (χ0v) is 16.0. The van der Waals surface area contributed by atoms with Gasteiger partial charge in [-0.15, -0.1) is 0 Å².